The van der Waals surface area contributed by atoms with Crippen molar-refractivity contribution in [3.05, 3.63) is 22.2 Å². The molecule has 4 nitrogen and oxygen atoms in total. The lowest BCUT2D eigenvalue weighted by atomic mass is 10.3. The Labute approximate surface area is 116 Å². The fraction of sp³-hybridized carbons (Fsp3) is 0.417. The number of rotatable bonds is 5. The van der Waals surface area contributed by atoms with Crippen molar-refractivity contribution >= 4 is 40.2 Å². The molecular weight excluding hydrogens is 273 g/mol. The van der Waals surface area contributed by atoms with Gasteiger partial charge in [0.05, 0.1) is 21.1 Å². The van der Waals surface area contributed by atoms with Crippen LogP contribution in [0.2, 0.25) is 10.0 Å². The molecule has 0 bridgehead atoms. The lowest BCUT2D eigenvalue weighted by Gasteiger charge is -2.06. The standard InChI is InChI=1S/C12H15Cl2N3O/c1-18-5-3-2-4-17-11-7-9(14)8(13)6-10(11)16-12(17)15/h6-7H,2-5H2,1H3,(H2,15,16). The molecule has 0 aliphatic carbocycles. The number of ether oxygens (including phenoxy) is 1. The highest BCUT2D eigenvalue weighted by Crippen LogP contribution is 2.29. The number of nitrogens with two attached hydrogens (primary N) is 1. The van der Waals surface area contributed by atoms with Crippen molar-refractivity contribution < 1.29 is 4.74 Å². The third-order valence-corrected chi connectivity index (χ3v) is 3.52. The number of fused-ring (bicyclic) bond motifs is 1. The second-order valence-electron chi connectivity index (χ2n) is 4.08. The first-order valence-corrected chi connectivity index (χ1v) is 6.48. The first kappa shape index (κ1) is 13.5. The Bertz CT molecular complexity index is 554. The SMILES string of the molecule is COCCCCn1c(N)nc2cc(Cl)c(Cl)cc21. The third-order valence-electron chi connectivity index (χ3n) is 2.80. The van der Waals surface area contributed by atoms with E-state index in [9.17, 15) is 0 Å². The van der Waals surface area contributed by atoms with Gasteiger partial charge in [-0.2, -0.15) is 0 Å². The summed E-state index contributed by atoms with van der Waals surface area (Å²) in [6.07, 6.45) is 1.96. The van der Waals surface area contributed by atoms with Gasteiger partial charge in [-0.25, -0.2) is 4.98 Å². The predicted molar refractivity (Wildman–Crippen MR) is 75.3 cm³/mol. The molecule has 1 aromatic heterocycles. The van der Waals surface area contributed by atoms with E-state index in [1.54, 1.807) is 19.2 Å². The summed E-state index contributed by atoms with van der Waals surface area (Å²) in [5, 5.41) is 1.01. The van der Waals surface area contributed by atoms with E-state index in [0.29, 0.717) is 16.0 Å². The van der Waals surface area contributed by atoms with Crippen LogP contribution >= 0.6 is 23.2 Å². The quantitative estimate of drug-likeness (QED) is 0.858. The van der Waals surface area contributed by atoms with Crippen LogP contribution in [0, 0.1) is 0 Å². The predicted octanol–water partition coefficient (Wildman–Crippen LogP) is 3.35. The summed E-state index contributed by atoms with van der Waals surface area (Å²) in [7, 11) is 1.70. The van der Waals surface area contributed by atoms with Gasteiger partial charge >= 0.3 is 0 Å². The van der Waals surface area contributed by atoms with Gasteiger partial charge in [-0.15, -0.1) is 0 Å². The molecule has 2 aromatic rings. The fourth-order valence-electron chi connectivity index (χ4n) is 1.89. The zero-order valence-electron chi connectivity index (χ0n) is 10.1. The first-order valence-electron chi connectivity index (χ1n) is 5.73. The molecule has 0 atom stereocenters. The average molecular weight is 288 g/mol. The van der Waals surface area contributed by atoms with Gasteiger partial charge in [-0.3, -0.25) is 0 Å². The maximum atomic E-state index is 6.02. The van der Waals surface area contributed by atoms with Crippen LogP contribution in [0.5, 0.6) is 0 Å². The fourth-order valence-corrected chi connectivity index (χ4v) is 2.21. The van der Waals surface area contributed by atoms with Crippen LogP contribution in [0.25, 0.3) is 11.0 Å². The molecule has 18 heavy (non-hydrogen) atoms. The Morgan fingerprint density at radius 3 is 2.72 bits per heavy atom. The Morgan fingerprint density at radius 1 is 1.28 bits per heavy atom. The highest BCUT2D eigenvalue weighted by Gasteiger charge is 2.10. The number of imidazole rings is 1. The van der Waals surface area contributed by atoms with E-state index in [0.717, 1.165) is 37.0 Å². The average Bonchev–Trinajstić information content (AvgIpc) is 2.62. The zero-order chi connectivity index (χ0) is 13.1. The van der Waals surface area contributed by atoms with Gasteiger partial charge in [0, 0.05) is 20.3 Å². The monoisotopic (exact) mass is 287 g/mol. The smallest absolute Gasteiger partial charge is 0.201 e. The second kappa shape index (κ2) is 5.78. The number of hydrogen-bond donors (Lipinski definition) is 1. The molecule has 1 heterocycles. The van der Waals surface area contributed by atoms with Crippen LogP contribution in [0.15, 0.2) is 12.1 Å². The van der Waals surface area contributed by atoms with Crippen LogP contribution in [0.4, 0.5) is 5.95 Å². The van der Waals surface area contributed by atoms with Crippen molar-refractivity contribution in [1.29, 1.82) is 0 Å². The maximum absolute atomic E-state index is 6.02. The number of hydrogen-bond acceptors (Lipinski definition) is 3. The summed E-state index contributed by atoms with van der Waals surface area (Å²) < 4.78 is 6.97. The minimum absolute atomic E-state index is 0.487. The molecule has 0 aliphatic heterocycles. The van der Waals surface area contributed by atoms with Crippen LogP contribution in [0.1, 0.15) is 12.8 Å². The van der Waals surface area contributed by atoms with E-state index >= 15 is 0 Å². The van der Waals surface area contributed by atoms with Gasteiger partial charge < -0.3 is 15.0 Å². The number of anilines is 1. The van der Waals surface area contributed by atoms with Crippen LogP contribution in [-0.4, -0.2) is 23.3 Å². The van der Waals surface area contributed by atoms with Crippen molar-refractivity contribution in [2.45, 2.75) is 19.4 Å². The van der Waals surface area contributed by atoms with Crippen LogP contribution in [0.3, 0.4) is 0 Å². The molecule has 0 fully saturated rings. The molecule has 0 aliphatic rings. The number of benzene rings is 1. The van der Waals surface area contributed by atoms with Gasteiger partial charge in [0.15, 0.2) is 0 Å². The Kier molecular flexibility index (Phi) is 4.32. The van der Waals surface area contributed by atoms with Crippen molar-refractivity contribution in [3.8, 4) is 0 Å². The molecule has 0 saturated carbocycles. The van der Waals surface area contributed by atoms with Crippen molar-refractivity contribution in [2.75, 3.05) is 19.5 Å². The van der Waals surface area contributed by atoms with E-state index in [1.807, 2.05) is 4.57 Å². The molecule has 2 N–H and O–H groups in total. The number of nitrogens with zero attached hydrogens (tertiary/aromatic N) is 2. The number of nitrogen functional groups attached to an aromatic ring is 1. The van der Waals surface area contributed by atoms with Crippen molar-refractivity contribution in [2.24, 2.45) is 0 Å². The zero-order valence-corrected chi connectivity index (χ0v) is 11.6. The molecule has 0 unspecified atom stereocenters. The van der Waals surface area contributed by atoms with Gasteiger partial charge in [0.25, 0.3) is 0 Å². The molecule has 0 radical (unpaired) electrons. The minimum Gasteiger partial charge on any atom is -0.385 e. The van der Waals surface area contributed by atoms with E-state index < -0.39 is 0 Å². The van der Waals surface area contributed by atoms with Gasteiger partial charge in [-0.1, -0.05) is 23.2 Å². The summed E-state index contributed by atoms with van der Waals surface area (Å²) in [5.74, 6) is 0.487. The Balaban J connectivity index is 2.26. The van der Waals surface area contributed by atoms with Gasteiger partial charge in [-0.05, 0) is 25.0 Å². The largest absolute Gasteiger partial charge is 0.385 e. The molecule has 0 spiro atoms. The first-order chi connectivity index (χ1) is 8.63. The number of aromatic nitrogens is 2. The normalized spacial score (nSPS) is 11.3. The number of unbranched alkanes of at least 4 members (excludes halogenated alkanes) is 1. The summed E-state index contributed by atoms with van der Waals surface area (Å²) >= 11 is 12.0. The molecular formula is C12H15Cl2N3O. The minimum atomic E-state index is 0.487. The topological polar surface area (TPSA) is 53.1 Å². The summed E-state index contributed by atoms with van der Waals surface area (Å²) in [4.78, 5) is 4.28. The highest BCUT2D eigenvalue weighted by molar-refractivity contribution is 6.42. The molecule has 0 amide bonds. The van der Waals surface area contributed by atoms with Crippen molar-refractivity contribution in [3.63, 3.8) is 0 Å². The number of aryl methyl sites for hydroxylation is 1. The Morgan fingerprint density at radius 2 is 2.00 bits per heavy atom. The lowest BCUT2D eigenvalue weighted by Crippen LogP contribution is -2.04. The van der Waals surface area contributed by atoms with Gasteiger partial charge in [0.2, 0.25) is 5.95 Å². The molecule has 0 saturated heterocycles. The molecule has 6 heteroatoms. The second-order valence-corrected chi connectivity index (χ2v) is 4.89. The summed E-state index contributed by atoms with van der Waals surface area (Å²) in [6, 6.07) is 3.54. The number of methoxy groups -OCH3 is 1. The summed E-state index contributed by atoms with van der Waals surface area (Å²) in [6.45, 7) is 1.54. The lowest BCUT2D eigenvalue weighted by molar-refractivity contribution is 0.191. The van der Waals surface area contributed by atoms with Crippen LogP contribution in [-0.2, 0) is 11.3 Å². The van der Waals surface area contributed by atoms with E-state index in [1.165, 1.54) is 0 Å². The van der Waals surface area contributed by atoms with E-state index in [4.69, 9.17) is 33.7 Å². The number of halogens is 2. The molecule has 1 aromatic carbocycles. The van der Waals surface area contributed by atoms with E-state index in [2.05, 4.69) is 4.98 Å². The van der Waals surface area contributed by atoms with Crippen molar-refractivity contribution in [1.82, 2.24) is 9.55 Å². The third kappa shape index (κ3) is 2.71. The molecule has 2 rings (SSSR count). The summed E-state index contributed by atoms with van der Waals surface area (Å²) in [5.41, 5.74) is 7.59. The van der Waals surface area contributed by atoms with Gasteiger partial charge in [0.1, 0.15) is 0 Å². The van der Waals surface area contributed by atoms with Crippen LogP contribution < -0.4 is 5.73 Å². The van der Waals surface area contributed by atoms with E-state index in [-0.39, 0.29) is 0 Å². The maximum Gasteiger partial charge on any atom is 0.201 e. The highest BCUT2D eigenvalue weighted by atomic mass is 35.5. The Hall–Kier alpha value is -0.970. The molecule has 98 valence electrons.